The fourth-order valence-corrected chi connectivity index (χ4v) is 2.45. The van der Waals surface area contributed by atoms with Crippen molar-refractivity contribution in [2.24, 2.45) is 0 Å². The quantitative estimate of drug-likeness (QED) is 0.641. The van der Waals surface area contributed by atoms with Gasteiger partial charge < -0.3 is 10.1 Å². The lowest BCUT2D eigenvalue weighted by Gasteiger charge is -2.09. The third-order valence-electron chi connectivity index (χ3n) is 3.60. The van der Waals surface area contributed by atoms with Gasteiger partial charge in [-0.15, -0.1) is 5.10 Å². The lowest BCUT2D eigenvalue weighted by atomic mass is 10.2. The molecule has 0 aliphatic heterocycles. The average Bonchev–Trinajstić information content (AvgIpc) is 3.28. The van der Waals surface area contributed by atoms with E-state index >= 15 is 0 Å². The number of nitrogens with one attached hydrogen (secondary N) is 1. The fraction of sp³-hybridized carbons (Fsp3) is 0.312. The van der Waals surface area contributed by atoms with Crippen molar-refractivity contribution in [3.8, 4) is 5.75 Å². The van der Waals surface area contributed by atoms with Crippen LogP contribution < -0.4 is 10.1 Å². The van der Waals surface area contributed by atoms with E-state index in [0.717, 1.165) is 0 Å². The van der Waals surface area contributed by atoms with Crippen molar-refractivity contribution >= 4 is 17.5 Å². The molecule has 0 bridgehead atoms. The van der Waals surface area contributed by atoms with Crippen molar-refractivity contribution in [3.63, 3.8) is 0 Å². The van der Waals surface area contributed by atoms with Gasteiger partial charge in [-0.05, 0) is 35.5 Å². The number of halogens is 1. The molecule has 0 saturated carbocycles. The van der Waals surface area contributed by atoms with Crippen molar-refractivity contribution in [1.29, 1.82) is 0 Å². The Morgan fingerprint density at radius 2 is 2.27 bits per heavy atom. The second-order valence-electron chi connectivity index (χ2n) is 5.40. The summed E-state index contributed by atoms with van der Waals surface area (Å²) in [7, 11) is 0. The Hall–Kier alpha value is -2.94. The van der Waals surface area contributed by atoms with Crippen LogP contribution in [0, 0.1) is 0 Å². The normalized spacial score (nSPS) is 10.7. The average molecular weight is 376 g/mol. The van der Waals surface area contributed by atoms with Crippen molar-refractivity contribution < 1.29 is 9.53 Å². The number of hydrogen-bond donors (Lipinski definition) is 1. The first kappa shape index (κ1) is 17.9. The molecule has 0 aliphatic carbocycles. The van der Waals surface area contributed by atoms with E-state index in [4.69, 9.17) is 16.3 Å². The van der Waals surface area contributed by atoms with E-state index < -0.39 is 0 Å². The topological polar surface area (TPSA) is 99.8 Å². The molecule has 9 nitrogen and oxygen atoms in total. The predicted molar refractivity (Wildman–Crippen MR) is 93.8 cm³/mol. The molecule has 2 aromatic heterocycles. The van der Waals surface area contributed by atoms with Crippen LogP contribution in [0.15, 0.2) is 36.7 Å². The largest absolute Gasteiger partial charge is 0.486 e. The Bertz CT molecular complexity index is 877. The molecule has 0 aliphatic rings. The van der Waals surface area contributed by atoms with Gasteiger partial charge in [0.1, 0.15) is 12.4 Å². The van der Waals surface area contributed by atoms with Crippen LogP contribution in [0.5, 0.6) is 5.75 Å². The zero-order valence-corrected chi connectivity index (χ0v) is 14.9. The van der Waals surface area contributed by atoms with E-state index in [2.05, 4.69) is 25.9 Å². The second-order valence-corrected chi connectivity index (χ2v) is 5.84. The molecule has 0 spiro atoms. The third kappa shape index (κ3) is 4.57. The Morgan fingerprint density at radius 1 is 1.38 bits per heavy atom. The minimum Gasteiger partial charge on any atom is -0.486 e. The Balaban J connectivity index is 1.53. The van der Waals surface area contributed by atoms with Crippen LogP contribution in [0.2, 0.25) is 5.02 Å². The Morgan fingerprint density at radius 3 is 3.04 bits per heavy atom. The van der Waals surface area contributed by atoms with Gasteiger partial charge in [-0.1, -0.05) is 17.7 Å². The van der Waals surface area contributed by atoms with E-state index in [-0.39, 0.29) is 12.5 Å². The summed E-state index contributed by atoms with van der Waals surface area (Å²) in [6.07, 6.45) is 3.26. The highest BCUT2D eigenvalue weighted by molar-refractivity contribution is 6.30. The zero-order valence-electron chi connectivity index (χ0n) is 14.2. The minimum absolute atomic E-state index is 0.188. The molecule has 10 heteroatoms. The molecule has 26 heavy (non-hydrogen) atoms. The van der Waals surface area contributed by atoms with Crippen LogP contribution in [-0.4, -0.2) is 42.4 Å². The number of rotatable bonds is 8. The van der Waals surface area contributed by atoms with E-state index in [1.807, 2.05) is 6.92 Å². The first-order valence-corrected chi connectivity index (χ1v) is 8.47. The number of benzene rings is 1. The van der Waals surface area contributed by atoms with Gasteiger partial charge in [-0.3, -0.25) is 9.48 Å². The van der Waals surface area contributed by atoms with Gasteiger partial charge in [0.2, 0.25) is 0 Å². The summed E-state index contributed by atoms with van der Waals surface area (Å²) >= 11 is 5.80. The minimum atomic E-state index is -0.188. The molecular weight excluding hydrogens is 358 g/mol. The molecule has 0 radical (unpaired) electrons. The molecule has 3 rings (SSSR count). The molecule has 136 valence electrons. The first-order valence-electron chi connectivity index (χ1n) is 8.09. The smallest absolute Gasteiger partial charge is 0.251 e. The monoisotopic (exact) mass is 375 g/mol. The second kappa shape index (κ2) is 8.43. The fourth-order valence-electron chi connectivity index (χ4n) is 2.29. The number of carbonyl (C=O) groups is 1. The summed E-state index contributed by atoms with van der Waals surface area (Å²) in [6.45, 7) is 3.81. The Kier molecular flexibility index (Phi) is 5.80. The van der Waals surface area contributed by atoms with Crippen LogP contribution in [-0.2, 0) is 19.7 Å². The first-order chi connectivity index (χ1) is 12.7. The molecule has 1 aromatic carbocycles. The predicted octanol–water partition coefficient (Wildman–Crippen LogP) is 1.55. The number of hydrogen-bond acceptors (Lipinski definition) is 6. The highest BCUT2D eigenvalue weighted by Gasteiger charge is 2.09. The molecule has 0 atom stereocenters. The molecule has 0 fully saturated rings. The molecule has 2 heterocycles. The van der Waals surface area contributed by atoms with Crippen molar-refractivity contribution in [2.45, 2.75) is 26.6 Å². The lowest BCUT2D eigenvalue weighted by molar-refractivity contribution is 0.0951. The van der Waals surface area contributed by atoms with Crippen LogP contribution in [0.3, 0.4) is 0 Å². The van der Waals surface area contributed by atoms with Gasteiger partial charge in [0, 0.05) is 24.8 Å². The number of ether oxygens (including phenoxy) is 1. The summed E-state index contributed by atoms with van der Waals surface area (Å²) in [6, 6.07) is 6.95. The number of nitrogens with zero attached hydrogens (tertiary/aromatic N) is 6. The molecule has 3 aromatic rings. The van der Waals surface area contributed by atoms with Crippen molar-refractivity contribution in [2.75, 3.05) is 6.54 Å². The lowest BCUT2D eigenvalue weighted by Crippen LogP contribution is -2.27. The van der Waals surface area contributed by atoms with Crippen LogP contribution >= 0.6 is 11.6 Å². The molecular formula is C16H18ClN7O2. The summed E-state index contributed by atoms with van der Waals surface area (Å²) in [5, 5.41) is 18.8. The number of aromatic nitrogens is 6. The third-order valence-corrected chi connectivity index (χ3v) is 3.79. The SMILES string of the molecule is CCn1nnnc1COc1cccc(C(=O)NCCn2cc(Cl)cn2)c1. The summed E-state index contributed by atoms with van der Waals surface area (Å²) in [5.74, 6) is 1.01. The van der Waals surface area contributed by atoms with E-state index in [1.165, 1.54) is 0 Å². The number of tetrazole rings is 1. The van der Waals surface area contributed by atoms with Crippen molar-refractivity contribution in [3.05, 3.63) is 53.1 Å². The number of amides is 1. The van der Waals surface area contributed by atoms with Crippen LogP contribution in [0.4, 0.5) is 0 Å². The molecule has 0 saturated heterocycles. The maximum Gasteiger partial charge on any atom is 0.251 e. The molecule has 1 amide bonds. The van der Waals surface area contributed by atoms with E-state index in [0.29, 0.717) is 41.8 Å². The summed E-state index contributed by atoms with van der Waals surface area (Å²) in [4.78, 5) is 12.3. The van der Waals surface area contributed by atoms with E-state index in [1.54, 1.807) is 46.0 Å². The number of aryl methyl sites for hydroxylation is 1. The maximum atomic E-state index is 12.3. The highest BCUT2D eigenvalue weighted by Crippen LogP contribution is 2.14. The molecule has 0 unspecified atom stereocenters. The van der Waals surface area contributed by atoms with Crippen molar-refractivity contribution in [1.82, 2.24) is 35.3 Å². The summed E-state index contributed by atoms with van der Waals surface area (Å²) in [5.41, 5.74) is 0.510. The number of carbonyl (C=O) groups excluding carboxylic acids is 1. The maximum absolute atomic E-state index is 12.3. The van der Waals surface area contributed by atoms with Crippen LogP contribution in [0.1, 0.15) is 23.1 Å². The van der Waals surface area contributed by atoms with Gasteiger partial charge in [-0.25, -0.2) is 4.68 Å². The van der Waals surface area contributed by atoms with Gasteiger partial charge in [0.25, 0.3) is 5.91 Å². The molecule has 1 N–H and O–H groups in total. The van der Waals surface area contributed by atoms with Gasteiger partial charge in [-0.2, -0.15) is 5.10 Å². The van der Waals surface area contributed by atoms with Crippen LogP contribution in [0.25, 0.3) is 0 Å². The van der Waals surface area contributed by atoms with Gasteiger partial charge >= 0.3 is 0 Å². The van der Waals surface area contributed by atoms with E-state index in [9.17, 15) is 4.79 Å². The Labute approximate surface area is 154 Å². The summed E-state index contributed by atoms with van der Waals surface area (Å²) < 4.78 is 9.01. The van der Waals surface area contributed by atoms with Gasteiger partial charge in [0.05, 0.1) is 17.8 Å². The standard InChI is InChI=1S/C16H18ClN7O2/c1-2-24-15(20-21-22-24)11-26-14-5-3-4-12(8-14)16(25)18-6-7-23-10-13(17)9-19-23/h3-5,8-10H,2,6-7,11H2,1H3,(H,18,25). The zero-order chi connectivity index (χ0) is 18.4. The highest BCUT2D eigenvalue weighted by atomic mass is 35.5. The van der Waals surface area contributed by atoms with Gasteiger partial charge in [0.15, 0.2) is 5.82 Å².